The fourth-order valence-electron chi connectivity index (χ4n) is 0.935. The highest BCUT2D eigenvalue weighted by Crippen LogP contribution is 2.08. The van der Waals surface area contributed by atoms with Gasteiger partial charge in [0.1, 0.15) is 0 Å². The first-order chi connectivity index (χ1) is 5.72. The minimum atomic E-state index is -0.822. The number of aliphatic carboxylic acids is 1. The Morgan fingerprint density at radius 2 is 2.17 bits per heavy atom. The highest BCUT2D eigenvalue weighted by Gasteiger charge is 2.12. The van der Waals surface area contributed by atoms with Gasteiger partial charge in [-0.1, -0.05) is 25.1 Å². The molecule has 0 amide bonds. The maximum Gasteiger partial charge on any atom is 0.311 e. The lowest BCUT2D eigenvalue weighted by Crippen LogP contribution is -2.14. The molecule has 0 radical (unpaired) electrons. The number of rotatable bonds is 7. The molecule has 0 aromatic carbocycles. The Hall–Kier alpha value is -0.480. The minimum absolute atomic E-state index is 0.460. The minimum Gasteiger partial charge on any atom is -0.481 e. The van der Waals surface area contributed by atoms with Crippen molar-refractivity contribution >= 4 is 23.6 Å². The molecule has 0 aliphatic rings. The van der Waals surface area contributed by atoms with E-state index in [1.165, 1.54) is 5.37 Å². The van der Waals surface area contributed by atoms with Gasteiger partial charge in [0.2, 0.25) is 0 Å². The lowest BCUT2D eigenvalue weighted by Gasteiger charge is -2.04. The van der Waals surface area contributed by atoms with Crippen LogP contribution in [-0.2, 0) is 4.79 Å². The molecule has 0 bridgehead atoms. The molecule has 4 heteroatoms. The molecule has 0 aliphatic heterocycles. The molecule has 70 valence electrons. The molecule has 1 atom stereocenters. The molecule has 0 aromatic heterocycles. The number of thiocarbonyl (C=S) groups is 1. The van der Waals surface area contributed by atoms with E-state index in [0.29, 0.717) is 13.0 Å². The van der Waals surface area contributed by atoms with Crippen molar-refractivity contribution in [2.24, 2.45) is 11.7 Å². The summed E-state index contributed by atoms with van der Waals surface area (Å²) in [6.07, 6.45) is 3.48. The molecule has 0 aliphatic carbocycles. The maximum atomic E-state index is 10.5. The average molecular weight is 189 g/mol. The van der Waals surface area contributed by atoms with Crippen molar-refractivity contribution in [2.45, 2.75) is 25.7 Å². The smallest absolute Gasteiger partial charge is 0.311 e. The Labute approximate surface area is 77.9 Å². The standard InChI is InChI=1S/C8H15NO2S/c9-5-3-1-2-4-7(6-12)8(10)11/h6-7H,1-5,9H2,(H,10,11). The van der Waals surface area contributed by atoms with Gasteiger partial charge in [-0.3, -0.25) is 4.79 Å². The SMILES string of the molecule is NCCCCCC(C=S)C(=O)O. The predicted octanol–water partition coefficient (Wildman–Crippen LogP) is 1.21. The fraction of sp³-hybridized carbons (Fsp3) is 0.750. The van der Waals surface area contributed by atoms with E-state index in [1.54, 1.807) is 0 Å². The summed E-state index contributed by atoms with van der Waals surface area (Å²) in [5.41, 5.74) is 5.29. The van der Waals surface area contributed by atoms with E-state index in [9.17, 15) is 4.79 Å². The van der Waals surface area contributed by atoms with Gasteiger partial charge in [-0.15, -0.1) is 0 Å². The van der Waals surface area contributed by atoms with E-state index < -0.39 is 11.9 Å². The third-order valence-electron chi connectivity index (χ3n) is 1.70. The maximum absolute atomic E-state index is 10.5. The molecule has 0 fully saturated rings. The third kappa shape index (κ3) is 5.21. The van der Waals surface area contributed by atoms with Crippen LogP contribution >= 0.6 is 12.2 Å². The van der Waals surface area contributed by atoms with Crippen LogP contribution in [0, 0.1) is 5.92 Å². The first kappa shape index (κ1) is 11.5. The van der Waals surface area contributed by atoms with Crippen LogP contribution in [0.5, 0.6) is 0 Å². The normalized spacial score (nSPS) is 12.4. The Morgan fingerprint density at radius 1 is 1.50 bits per heavy atom. The molecule has 0 saturated heterocycles. The quantitative estimate of drug-likeness (QED) is 0.466. The second-order valence-corrected chi connectivity index (χ2v) is 2.99. The molecular weight excluding hydrogens is 174 g/mol. The Bertz CT molecular complexity index is 150. The molecule has 0 heterocycles. The summed E-state index contributed by atoms with van der Waals surface area (Å²) in [4.78, 5) is 10.5. The van der Waals surface area contributed by atoms with Crippen LogP contribution in [0.15, 0.2) is 0 Å². The predicted molar refractivity (Wildman–Crippen MR) is 52.3 cm³/mol. The van der Waals surface area contributed by atoms with Crippen molar-refractivity contribution in [2.75, 3.05) is 6.54 Å². The molecular formula is C8H15NO2S. The molecule has 12 heavy (non-hydrogen) atoms. The summed E-state index contributed by atoms with van der Waals surface area (Å²) in [6, 6.07) is 0. The van der Waals surface area contributed by atoms with Gasteiger partial charge in [0, 0.05) is 0 Å². The zero-order valence-electron chi connectivity index (χ0n) is 7.03. The van der Waals surface area contributed by atoms with Crippen LogP contribution in [0.2, 0.25) is 0 Å². The molecule has 3 nitrogen and oxygen atoms in total. The third-order valence-corrected chi connectivity index (χ3v) is 2.03. The molecule has 0 rings (SSSR count). The molecule has 0 saturated carbocycles. The Balaban J connectivity index is 3.45. The van der Waals surface area contributed by atoms with Crippen LogP contribution in [0.4, 0.5) is 0 Å². The average Bonchev–Trinajstić information content (AvgIpc) is 2.04. The number of nitrogens with two attached hydrogens (primary N) is 1. The van der Waals surface area contributed by atoms with Crippen LogP contribution in [0.1, 0.15) is 25.7 Å². The summed E-state index contributed by atoms with van der Waals surface area (Å²) < 4.78 is 0. The Morgan fingerprint density at radius 3 is 2.58 bits per heavy atom. The summed E-state index contributed by atoms with van der Waals surface area (Å²) in [5.74, 6) is -1.28. The second kappa shape index (κ2) is 7.18. The number of carboxylic acid groups (broad SMARTS) is 1. The highest BCUT2D eigenvalue weighted by atomic mass is 32.1. The zero-order valence-corrected chi connectivity index (χ0v) is 7.85. The van der Waals surface area contributed by atoms with E-state index in [4.69, 9.17) is 10.8 Å². The molecule has 0 spiro atoms. The van der Waals surface area contributed by atoms with Crippen molar-refractivity contribution in [1.29, 1.82) is 0 Å². The number of hydrogen-bond donors (Lipinski definition) is 2. The van der Waals surface area contributed by atoms with Crippen LogP contribution in [-0.4, -0.2) is 23.0 Å². The lowest BCUT2D eigenvalue weighted by molar-refractivity contribution is -0.139. The van der Waals surface area contributed by atoms with E-state index in [2.05, 4.69) is 12.2 Å². The number of carboxylic acids is 1. The van der Waals surface area contributed by atoms with Gasteiger partial charge < -0.3 is 10.8 Å². The van der Waals surface area contributed by atoms with Crippen molar-refractivity contribution < 1.29 is 9.90 Å². The summed E-state index contributed by atoms with van der Waals surface area (Å²) in [5, 5.41) is 9.93. The first-order valence-electron chi connectivity index (χ1n) is 4.10. The molecule has 3 N–H and O–H groups in total. The Kier molecular flexibility index (Phi) is 6.90. The lowest BCUT2D eigenvalue weighted by atomic mass is 10.0. The highest BCUT2D eigenvalue weighted by molar-refractivity contribution is 7.79. The number of unbranched alkanes of at least 4 members (excludes halogenated alkanes) is 2. The van der Waals surface area contributed by atoms with Crippen molar-refractivity contribution in [3.63, 3.8) is 0 Å². The molecule has 1 unspecified atom stereocenters. The van der Waals surface area contributed by atoms with Crippen molar-refractivity contribution in [3.05, 3.63) is 0 Å². The monoisotopic (exact) mass is 189 g/mol. The second-order valence-electron chi connectivity index (χ2n) is 2.72. The van der Waals surface area contributed by atoms with Gasteiger partial charge >= 0.3 is 5.97 Å². The largest absolute Gasteiger partial charge is 0.481 e. The van der Waals surface area contributed by atoms with Gasteiger partial charge in [-0.25, -0.2) is 0 Å². The van der Waals surface area contributed by atoms with E-state index in [0.717, 1.165) is 19.3 Å². The van der Waals surface area contributed by atoms with Crippen LogP contribution < -0.4 is 5.73 Å². The van der Waals surface area contributed by atoms with Crippen molar-refractivity contribution in [1.82, 2.24) is 0 Å². The van der Waals surface area contributed by atoms with Gasteiger partial charge in [-0.05, 0) is 24.8 Å². The van der Waals surface area contributed by atoms with Crippen LogP contribution in [0.3, 0.4) is 0 Å². The topological polar surface area (TPSA) is 63.3 Å². The van der Waals surface area contributed by atoms with Gasteiger partial charge in [-0.2, -0.15) is 0 Å². The fourth-order valence-corrected chi connectivity index (χ4v) is 1.19. The van der Waals surface area contributed by atoms with E-state index in [-0.39, 0.29) is 0 Å². The number of hydrogen-bond acceptors (Lipinski definition) is 3. The molecule has 0 aromatic rings. The summed E-state index contributed by atoms with van der Waals surface area (Å²) >= 11 is 4.60. The zero-order chi connectivity index (χ0) is 9.40. The van der Waals surface area contributed by atoms with Gasteiger partial charge in [0.15, 0.2) is 0 Å². The summed E-state index contributed by atoms with van der Waals surface area (Å²) in [7, 11) is 0. The van der Waals surface area contributed by atoms with Crippen LogP contribution in [0.25, 0.3) is 0 Å². The van der Waals surface area contributed by atoms with Gasteiger partial charge in [0.25, 0.3) is 0 Å². The van der Waals surface area contributed by atoms with E-state index in [1.807, 2.05) is 0 Å². The van der Waals surface area contributed by atoms with E-state index >= 15 is 0 Å². The summed E-state index contributed by atoms with van der Waals surface area (Å²) in [6.45, 7) is 0.676. The number of carbonyl (C=O) groups is 1. The first-order valence-corrected chi connectivity index (χ1v) is 4.57. The van der Waals surface area contributed by atoms with Gasteiger partial charge in [0.05, 0.1) is 5.92 Å². The van der Waals surface area contributed by atoms with Crippen molar-refractivity contribution in [3.8, 4) is 0 Å².